The van der Waals surface area contributed by atoms with Gasteiger partial charge in [0.15, 0.2) is 0 Å². The number of nitrogens with one attached hydrogen (secondary N) is 1. The first-order valence-electron chi connectivity index (χ1n) is 5.02. The zero-order valence-corrected chi connectivity index (χ0v) is 9.05. The first kappa shape index (κ1) is 13.3. The average molecular weight is 243 g/mol. The van der Waals surface area contributed by atoms with Crippen molar-refractivity contribution in [2.24, 2.45) is 0 Å². The van der Waals surface area contributed by atoms with Gasteiger partial charge in [-0.1, -0.05) is 18.2 Å². The number of benzene rings is 1. The van der Waals surface area contributed by atoms with E-state index in [4.69, 9.17) is 0 Å². The van der Waals surface area contributed by atoms with Crippen LogP contribution in [0.2, 0.25) is 0 Å². The van der Waals surface area contributed by atoms with Crippen molar-refractivity contribution in [3.05, 3.63) is 42.5 Å². The van der Waals surface area contributed by atoms with Gasteiger partial charge in [-0.3, -0.25) is 4.79 Å². The van der Waals surface area contributed by atoms with E-state index in [-0.39, 0.29) is 11.3 Å². The quantitative estimate of drug-likeness (QED) is 0.487. The third-order valence-corrected chi connectivity index (χ3v) is 2.09. The predicted molar refractivity (Wildman–Crippen MR) is 60.1 cm³/mol. The van der Waals surface area contributed by atoms with Crippen molar-refractivity contribution in [2.75, 3.05) is 11.9 Å². The molecule has 0 fully saturated rings. The summed E-state index contributed by atoms with van der Waals surface area (Å²) in [5.41, 5.74) is -0.166. The summed E-state index contributed by atoms with van der Waals surface area (Å²) in [6.07, 6.45) is -2.61. The number of alkyl halides is 3. The zero-order valence-electron chi connectivity index (χ0n) is 9.05. The molecular formula is C12H12F3NO. The number of carbonyl (C=O) groups excluding carboxylic acids is 1. The lowest BCUT2D eigenvalue weighted by atomic mass is 10.1. The summed E-state index contributed by atoms with van der Waals surface area (Å²) >= 11 is 0. The Hall–Kier alpha value is -1.78. The smallest absolute Gasteiger partial charge is 0.384 e. The van der Waals surface area contributed by atoms with Crippen LogP contribution in [0.3, 0.4) is 0 Å². The second-order valence-electron chi connectivity index (χ2n) is 3.38. The molecule has 0 aliphatic carbocycles. The molecule has 1 rings (SSSR count). The van der Waals surface area contributed by atoms with Gasteiger partial charge in [0.05, 0.1) is 5.56 Å². The summed E-state index contributed by atoms with van der Waals surface area (Å²) in [7, 11) is 0. The maximum absolute atomic E-state index is 12.3. The van der Waals surface area contributed by atoms with Gasteiger partial charge in [0.1, 0.15) is 0 Å². The molecule has 0 unspecified atom stereocenters. The maximum Gasteiger partial charge on any atom is 0.454 e. The summed E-state index contributed by atoms with van der Waals surface area (Å²) in [5.74, 6) is -1.83. The molecule has 0 spiro atoms. The average Bonchev–Trinajstić information content (AvgIpc) is 2.28. The molecule has 0 atom stereocenters. The van der Waals surface area contributed by atoms with Gasteiger partial charge in [0.2, 0.25) is 0 Å². The normalized spacial score (nSPS) is 11.0. The zero-order chi connectivity index (χ0) is 12.9. The minimum absolute atomic E-state index is 0.191. The van der Waals surface area contributed by atoms with Crippen LogP contribution in [0.1, 0.15) is 16.8 Å². The fourth-order valence-electron chi connectivity index (χ4n) is 1.30. The molecule has 0 heterocycles. The number of anilines is 1. The molecule has 17 heavy (non-hydrogen) atoms. The molecule has 2 nitrogen and oxygen atoms in total. The lowest BCUT2D eigenvalue weighted by Gasteiger charge is -2.11. The van der Waals surface area contributed by atoms with Crippen LogP contribution in [0.15, 0.2) is 36.9 Å². The first-order valence-corrected chi connectivity index (χ1v) is 5.02. The molecule has 1 aromatic carbocycles. The molecule has 0 aliphatic heterocycles. The Bertz CT molecular complexity index is 412. The van der Waals surface area contributed by atoms with Crippen molar-refractivity contribution in [2.45, 2.75) is 12.6 Å². The number of hydrogen-bond donors (Lipinski definition) is 1. The van der Waals surface area contributed by atoms with Crippen molar-refractivity contribution >= 4 is 11.5 Å². The monoisotopic (exact) mass is 243 g/mol. The van der Waals surface area contributed by atoms with Gasteiger partial charge in [-0.15, -0.1) is 6.58 Å². The first-order chi connectivity index (χ1) is 7.96. The Morgan fingerprint density at radius 1 is 1.35 bits per heavy atom. The van der Waals surface area contributed by atoms with Crippen LogP contribution in [0.4, 0.5) is 18.9 Å². The van der Waals surface area contributed by atoms with Crippen LogP contribution in [-0.4, -0.2) is 18.5 Å². The second-order valence-corrected chi connectivity index (χ2v) is 3.38. The molecule has 1 aromatic rings. The summed E-state index contributed by atoms with van der Waals surface area (Å²) in [6.45, 7) is 3.94. The fraction of sp³-hybridized carbons (Fsp3) is 0.250. The van der Waals surface area contributed by atoms with Crippen LogP contribution in [-0.2, 0) is 0 Å². The Balaban J connectivity index is 2.91. The van der Waals surface area contributed by atoms with E-state index in [9.17, 15) is 18.0 Å². The Morgan fingerprint density at radius 3 is 2.59 bits per heavy atom. The fourth-order valence-corrected chi connectivity index (χ4v) is 1.30. The van der Waals surface area contributed by atoms with E-state index in [2.05, 4.69) is 11.9 Å². The summed E-state index contributed by atoms with van der Waals surface area (Å²) < 4.78 is 36.9. The standard InChI is InChI=1S/C12H12F3NO/c1-2-3-8-16-10-7-5-4-6-9(10)11(17)12(13,14)15/h2,4-7,16H,1,3,8H2. The molecule has 0 radical (unpaired) electrons. The van der Waals surface area contributed by atoms with Crippen molar-refractivity contribution < 1.29 is 18.0 Å². The third-order valence-electron chi connectivity index (χ3n) is 2.09. The minimum atomic E-state index is -4.85. The summed E-state index contributed by atoms with van der Waals surface area (Å²) in [5, 5.41) is 2.78. The van der Waals surface area contributed by atoms with Crippen molar-refractivity contribution in [3.8, 4) is 0 Å². The van der Waals surface area contributed by atoms with Crippen molar-refractivity contribution in [1.29, 1.82) is 0 Å². The number of Topliss-reactive ketones (excluding diaryl/α,β-unsaturated/α-hetero) is 1. The molecule has 0 aliphatic rings. The Morgan fingerprint density at radius 2 is 2.00 bits per heavy atom. The van der Waals surface area contributed by atoms with E-state index in [1.165, 1.54) is 12.1 Å². The van der Waals surface area contributed by atoms with Crippen LogP contribution in [0.25, 0.3) is 0 Å². The van der Waals surface area contributed by atoms with Crippen LogP contribution in [0, 0.1) is 0 Å². The number of halogens is 3. The van der Waals surface area contributed by atoms with E-state index in [1.54, 1.807) is 12.1 Å². The van der Waals surface area contributed by atoms with E-state index in [0.717, 1.165) is 6.07 Å². The molecule has 92 valence electrons. The number of rotatable bonds is 5. The van der Waals surface area contributed by atoms with E-state index >= 15 is 0 Å². The van der Waals surface area contributed by atoms with Crippen molar-refractivity contribution in [1.82, 2.24) is 0 Å². The molecule has 0 bridgehead atoms. The molecule has 0 aromatic heterocycles. The second kappa shape index (κ2) is 5.52. The van der Waals surface area contributed by atoms with Crippen LogP contribution < -0.4 is 5.32 Å². The minimum Gasteiger partial charge on any atom is -0.384 e. The molecule has 1 N–H and O–H groups in total. The highest BCUT2D eigenvalue weighted by atomic mass is 19.4. The SMILES string of the molecule is C=CCCNc1ccccc1C(=O)C(F)(F)F. The Kier molecular flexibility index (Phi) is 4.31. The number of hydrogen-bond acceptors (Lipinski definition) is 2. The van der Waals surface area contributed by atoms with E-state index in [0.29, 0.717) is 13.0 Å². The highest BCUT2D eigenvalue weighted by molar-refractivity contribution is 6.04. The van der Waals surface area contributed by atoms with Gasteiger partial charge in [0, 0.05) is 12.2 Å². The van der Waals surface area contributed by atoms with E-state index < -0.39 is 12.0 Å². The van der Waals surface area contributed by atoms with Crippen LogP contribution >= 0.6 is 0 Å². The lowest BCUT2D eigenvalue weighted by Crippen LogP contribution is -2.24. The highest BCUT2D eigenvalue weighted by Gasteiger charge is 2.40. The number of carbonyl (C=O) groups is 1. The van der Waals surface area contributed by atoms with Gasteiger partial charge >= 0.3 is 6.18 Å². The molecule has 0 saturated carbocycles. The lowest BCUT2D eigenvalue weighted by molar-refractivity contribution is -0.0884. The van der Waals surface area contributed by atoms with Gasteiger partial charge in [-0.25, -0.2) is 0 Å². The molecular weight excluding hydrogens is 231 g/mol. The summed E-state index contributed by atoms with van der Waals surface area (Å²) in [4.78, 5) is 11.1. The largest absolute Gasteiger partial charge is 0.454 e. The van der Waals surface area contributed by atoms with Crippen LogP contribution in [0.5, 0.6) is 0 Å². The third kappa shape index (κ3) is 3.62. The number of ketones is 1. The molecule has 0 amide bonds. The number of para-hydroxylation sites is 1. The Labute approximate surface area is 97.1 Å². The molecule has 0 saturated heterocycles. The highest BCUT2D eigenvalue weighted by Crippen LogP contribution is 2.26. The van der Waals surface area contributed by atoms with Crippen molar-refractivity contribution in [3.63, 3.8) is 0 Å². The van der Waals surface area contributed by atoms with Gasteiger partial charge in [0.25, 0.3) is 5.78 Å². The van der Waals surface area contributed by atoms with E-state index in [1.807, 2.05) is 0 Å². The predicted octanol–water partition coefficient (Wildman–Crippen LogP) is 3.42. The maximum atomic E-state index is 12.3. The van der Waals surface area contributed by atoms with Gasteiger partial charge < -0.3 is 5.32 Å². The van der Waals surface area contributed by atoms with Gasteiger partial charge in [-0.2, -0.15) is 13.2 Å². The molecule has 5 heteroatoms. The van der Waals surface area contributed by atoms with Gasteiger partial charge in [-0.05, 0) is 18.6 Å². The topological polar surface area (TPSA) is 29.1 Å². The summed E-state index contributed by atoms with van der Waals surface area (Å²) in [6, 6.07) is 5.58.